The normalized spacial score (nSPS) is 14.9. The van der Waals surface area contributed by atoms with E-state index in [9.17, 15) is 14.4 Å². The van der Waals surface area contributed by atoms with Gasteiger partial charge in [-0.3, -0.25) is 14.4 Å². The molecule has 1 aromatic heterocycles. The molecular formula is C20H22BrN3O3. The summed E-state index contributed by atoms with van der Waals surface area (Å²) in [5, 5.41) is 2.64. The number of rotatable bonds is 3. The number of nitrogens with zero attached hydrogens (tertiary/aromatic N) is 2. The van der Waals surface area contributed by atoms with E-state index in [1.807, 2.05) is 0 Å². The Labute approximate surface area is 166 Å². The van der Waals surface area contributed by atoms with Crippen molar-refractivity contribution < 1.29 is 9.59 Å². The minimum atomic E-state index is -0.407. The lowest BCUT2D eigenvalue weighted by atomic mass is 9.99. The Morgan fingerprint density at radius 3 is 2.52 bits per heavy atom. The standard InChI is InChI=1S/C20H22BrN3O3/c1-13-7-9-24(10-8-13)19(26)14-11-17(20(27)23(2)12-14)22-18(25)15-5-3-4-6-16(15)21/h3-6,11-13H,7-10H2,1-2H3,(H,22,25). The van der Waals surface area contributed by atoms with Crippen LogP contribution in [0.3, 0.4) is 0 Å². The number of piperidine rings is 1. The zero-order chi connectivity index (χ0) is 19.6. The fraction of sp³-hybridized carbons (Fsp3) is 0.350. The molecule has 27 heavy (non-hydrogen) atoms. The van der Waals surface area contributed by atoms with E-state index in [1.165, 1.54) is 16.8 Å². The summed E-state index contributed by atoms with van der Waals surface area (Å²) < 4.78 is 1.96. The highest BCUT2D eigenvalue weighted by atomic mass is 79.9. The molecule has 1 aromatic carbocycles. The van der Waals surface area contributed by atoms with Crippen LogP contribution in [0.2, 0.25) is 0 Å². The van der Waals surface area contributed by atoms with E-state index >= 15 is 0 Å². The maximum atomic E-state index is 12.8. The van der Waals surface area contributed by atoms with Gasteiger partial charge in [-0.2, -0.15) is 0 Å². The van der Waals surface area contributed by atoms with Gasteiger partial charge in [-0.15, -0.1) is 0 Å². The molecule has 0 saturated carbocycles. The summed E-state index contributed by atoms with van der Waals surface area (Å²) >= 11 is 3.33. The Morgan fingerprint density at radius 2 is 1.85 bits per heavy atom. The Kier molecular flexibility index (Phi) is 5.79. The number of likely N-dealkylation sites (tertiary alicyclic amines) is 1. The van der Waals surface area contributed by atoms with Crippen LogP contribution in [0.1, 0.15) is 40.5 Å². The van der Waals surface area contributed by atoms with Gasteiger partial charge in [0, 0.05) is 30.8 Å². The minimum absolute atomic E-state index is 0.0921. The van der Waals surface area contributed by atoms with Crippen molar-refractivity contribution >= 4 is 33.4 Å². The predicted octanol–water partition coefficient (Wildman–Crippen LogP) is 3.27. The highest BCUT2D eigenvalue weighted by molar-refractivity contribution is 9.10. The number of benzene rings is 1. The van der Waals surface area contributed by atoms with E-state index in [0.29, 0.717) is 34.6 Å². The summed E-state index contributed by atoms with van der Waals surface area (Å²) in [6, 6.07) is 8.43. The maximum Gasteiger partial charge on any atom is 0.274 e. The topological polar surface area (TPSA) is 71.4 Å². The van der Waals surface area contributed by atoms with Crippen molar-refractivity contribution in [3.8, 4) is 0 Å². The third-order valence-electron chi connectivity index (χ3n) is 4.87. The number of nitrogens with one attached hydrogen (secondary N) is 1. The lowest BCUT2D eigenvalue weighted by Crippen LogP contribution is -2.38. The molecule has 142 valence electrons. The van der Waals surface area contributed by atoms with Crippen LogP contribution in [0.5, 0.6) is 0 Å². The molecule has 7 heteroatoms. The number of hydrogen-bond acceptors (Lipinski definition) is 3. The number of pyridine rings is 1. The van der Waals surface area contributed by atoms with E-state index in [2.05, 4.69) is 28.2 Å². The Balaban J connectivity index is 1.86. The third-order valence-corrected chi connectivity index (χ3v) is 5.56. The van der Waals surface area contributed by atoms with Gasteiger partial charge in [-0.05, 0) is 52.9 Å². The molecule has 1 aliphatic rings. The van der Waals surface area contributed by atoms with Gasteiger partial charge in [-0.25, -0.2) is 0 Å². The van der Waals surface area contributed by atoms with Crippen LogP contribution in [0.25, 0.3) is 0 Å². The summed E-state index contributed by atoms with van der Waals surface area (Å²) in [5.41, 5.74) is 0.545. The average molecular weight is 432 g/mol. The van der Waals surface area contributed by atoms with Crippen molar-refractivity contribution in [3.05, 3.63) is 62.5 Å². The molecule has 0 aliphatic carbocycles. The molecule has 0 atom stereocenters. The predicted molar refractivity (Wildman–Crippen MR) is 108 cm³/mol. The van der Waals surface area contributed by atoms with Gasteiger partial charge in [-0.1, -0.05) is 19.1 Å². The molecule has 0 spiro atoms. The molecule has 6 nitrogen and oxygen atoms in total. The van der Waals surface area contributed by atoms with Crippen molar-refractivity contribution in [2.24, 2.45) is 13.0 Å². The molecule has 1 saturated heterocycles. The van der Waals surface area contributed by atoms with E-state index in [4.69, 9.17) is 0 Å². The van der Waals surface area contributed by atoms with Gasteiger partial charge in [0.15, 0.2) is 0 Å². The van der Waals surface area contributed by atoms with Crippen LogP contribution < -0.4 is 10.9 Å². The lowest BCUT2D eigenvalue weighted by molar-refractivity contribution is 0.0696. The number of carbonyl (C=O) groups is 2. The largest absolute Gasteiger partial charge is 0.339 e. The van der Waals surface area contributed by atoms with Crippen LogP contribution >= 0.6 is 15.9 Å². The quantitative estimate of drug-likeness (QED) is 0.810. The Hall–Kier alpha value is -2.41. The summed E-state index contributed by atoms with van der Waals surface area (Å²) in [5.74, 6) is 0.0956. The maximum absolute atomic E-state index is 12.8. The zero-order valence-corrected chi connectivity index (χ0v) is 17.0. The average Bonchev–Trinajstić information content (AvgIpc) is 2.65. The molecular weight excluding hydrogens is 410 g/mol. The van der Waals surface area contributed by atoms with Crippen LogP contribution in [-0.4, -0.2) is 34.4 Å². The Bertz CT molecular complexity index is 930. The second-order valence-corrected chi connectivity index (χ2v) is 7.82. The highest BCUT2D eigenvalue weighted by Gasteiger charge is 2.23. The van der Waals surface area contributed by atoms with Gasteiger partial charge in [0.25, 0.3) is 17.4 Å². The first-order valence-electron chi connectivity index (χ1n) is 8.92. The number of carbonyl (C=O) groups excluding carboxylic acids is 2. The molecule has 1 aliphatic heterocycles. The van der Waals surface area contributed by atoms with E-state index in [-0.39, 0.29) is 17.2 Å². The zero-order valence-electron chi connectivity index (χ0n) is 15.4. The van der Waals surface area contributed by atoms with Crippen LogP contribution in [-0.2, 0) is 7.05 Å². The van der Waals surface area contributed by atoms with Crippen LogP contribution in [0.15, 0.2) is 45.8 Å². The molecule has 0 unspecified atom stereocenters. The summed E-state index contributed by atoms with van der Waals surface area (Å²) in [6.07, 6.45) is 3.48. The first-order chi connectivity index (χ1) is 12.9. The summed E-state index contributed by atoms with van der Waals surface area (Å²) in [4.78, 5) is 39.6. The Morgan fingerprint density at radius 1 is 1.19 bits per heavy atom. The van der Waals surface area contributed by atoms with Gasteiger partial charge < -0.3 is 14.8 Å². The number of aromatic nitrogens is 1. The van der Waals surface area contributed by atoms with E-state index in [1.54, 1.807) is 36.2 Å². The fourth-order valence-electron chi connectivity index (χ4n) is 3.15. The molecule has 0 bridgehead atoms. The molecule has 2 aromatic rings. The third kappa shape index (κ3) is 4.30. The molecule has 2 heterocycles. The summed E-state index contributed by atoms with van der Waals surface area (Å²) in [7, 11) is 1.57. The van der Waals surface area contributed by atoms with Crippen molar-refractivity contribution in [1.29, 1.82) is 0 Å². The van der Waals surface area contributed by atoms with Gasteiger partial charge in [0.05, 0.1) is 11.1 Å². The summed E-state index contributed by atoms with van der Waals surface area (Å²) in [6.45, 7) is 3.60. The number of aryl methyl sites for hydroxylation is 1. The number of hydrogen-bond donors (Lipinski definition) is 1. The highest BCUT2D eigenvalue weighted by Crippen LogP contribution is 2.20. The number of anilines is 1. The van der Waals surface area contributed by atoms with E-state index < -0.39 is 5.91 Å². The minimum Gasteiger partial charge on any atom is -0.339 e. The lowest BCUT2D eigenvalue weighted by Gasteiger charge is -2.30. The second kappa shape index (κ2) is 8.08. The molecule has 2 amide bonds. The van der Waals surface area contributed by atoms with Crippen molar-refractivity contribution in [2.45, 2.75) is 19.8 Å². The van der Waals surface area contributed by atoms with Crippen molar-refractivity contribution in [1.82, 2.24) is 9.47 Å². The van der Waals surface area contributed by atoms with Gasteiger partial charge in [0.2, 0.25) is 0 Å². The van der Waals surface area contributed by atoms with Crippen molar-refractivity contribution in [2.75, 3.05) is 18.4 Å². The van der Waals surface area contributed by atoms with Gasteiger partial charge >= 0.3 is 0 Å². The van der Waals surface area contributed by atoms with Crippen LogP contribution in [0.4, 0.5) is 5.69 Å². The number of halogens is 1. The van der Waals surface area contributed by atoms with Gasteiger partial charge in [0.1, 0.15) is 5.69 Å². The molecule has 1 fully saturated rings. The fourth-order valence-corrected chi connectivity index (χ4v) is 3.61. The first-order valence-corrected chi connectivity index (χ1v) is 9.72. The smallest absolute Gasteiger partial charge is 0.274 e. The molecule has 0 radical (unpaired) electrons. The monoisotopic (exact) mass is 431 g/mol. The van der Waals surface area contributed by atoms with Crippen LogP contribution in [0, 0.1) is 5.92 Å². The SMILES string of the molecule is CC1CCN(C(=O)c2cc(NC(=O)c3ccccc3Br)c(=O)n(C)c2)CC1. The van der Waals surface area contributed by atoms with E-state index in [0.717, 1.165) is 12.8 Å². The number of amides is 2. The van der Waals surface area contributed by atoms with Crippen molar-refractivity contribution in [3.63, 3.8) is 0 Å². The molecule has 3 rings (SSSR count). The first kappa shape index (κ1) is 19.4. The molecule has 1 N–H and O–H groups in total. The second-order valence-electron chi connectivity index (χ2n) is 6.97.